The van der Waals surface area contributed by atoms with Gasteiger partial charge in [0.05, 0.1) is 17.9 Å². The van der Waals surface area contributed by atoms with E-state index in [9.17, 15) is 4.79 Å². The van der Waals surface area contributed by atoms with E-state index >= 15 is 0 Å². The summed E-state index contributed by atoms with van der Waals surface area (Å²) in [5, 5.41) is 0. The number of benzene rings is 1. The Morgan fingerprint density at radius 2 is 2.29 bits per heavy atom. The molecule has 0 heterocycles. The monoisotopic (exact) mass is 369 g/mol. The number of hydrogen-bond acceptors (Lipinski definition) is 3. The zero-order valence-corrected chi connectivity index (χ0v) is 11.3. The largest absolute Gasteiger partial charge is 0.462 e. The molecule has 0 aromatic heterocycles. The molecule has 0 spiro atoms. The SMILES string of the molecule is CCOC(=O)c1cc(Br)cc(I)c1N. The maximum absolute atomic E-state index is 11.4. The second-order valence-corrected chi connectivity index (χ2v) is 4.65. The summed E-state index contributed by atoms with van der Waals surface area (Å²) < 4.78 is 6.53. The fourth-order valence-corrected chi connectivity index (χ4v) is 2.47. The van der Waals surface area contributed by atoms with Crippen LogP contribution in [0, 0.1) is 3.57 Å². The molecular formula is C9H9BrINO2. The molecule has 0 bridgehead atoms. The maximum Gasteiger partial charge on any atom is 0.340 e. The molecule has 0 unspecified atom stereocenters. The summed E-state index contributed by atoms with van der Waals surface area (Å²) in [7, 11) is 0. The van der Waals surface area contributed by atoms with E-state index in [0.29, 0.717) is 17.9 Å². The molecule has 5 heteroatoms. The molecule has 0 aliphatic rings. The lowest BCUT2D eigenvalue weighted by Crippen LogP contribution is -2.09. The van der Waals surface area contributed by atoms with E-state index in [4.69, 9.17) is 10.5 Å². The minimum absolute atomic E-state index is 0.349. The second-order valence-electron chi connectivity index (χ2n) is 2.57. The molecule has 2 N–H and O–H groups in total. The zero-order valence-electron chi connectivity index (χ0n) is 7.51. The Balaban J connectivity index is 3.13. The van der Waals surface area contributed by atoms with Crippen molar-refractivity contribution in [3.63, 3.8) is 0 Å². The van der Waals surface area contributed by atoms with Crippen molar-refractivity contribution >= 4 is 50.2 Å². The zero-order chi connectivity index (χ0) is 10.7. The van der Waals surface area contributed by atoms with E-state index in [1.165, 1.54) is 0 Å². The van der Waals surface area contributed by atoms with Gasteiger partial charge in [0.25, 0.3) is 0 Å². The van der Waals surface area contributed by atoms with E-state index in [-0.39, 0.29) is 5.97 Å². The van der Waals surface area contributed by atoms with Crippen LogP contribution in [0.1, 0.15) is 17.3 Å². The van der Waals surface area contributed by atoms with Gasteiger partial charge in [0.15, 0.2) is 0 Å². The highest BCUT2D eigenvalue weighted by Gasteiger charge is 2.13. The lowest BCUT2D eigenvalue weighted by Gasteiger charge is -2.07. The van der Waals surface area contributed by atoms with Crippen molar-refractivity contribution in [3.05, 3.63) is 25.7 Å². The number of halogens is 2. The van der Waals surface area contributed by atoms with Crippen LogP contribution in [0.15, 0.2) is 16.6 Å². The van der Waals surface area contributed by atoms with Crippen molar-refractivity contribution in [2.75, 3.05) is 12.3 Å². The van der Waals surface area contributed by atoms with Crippen molar-refractivity contribution < 1.29 is 9.53 Å². The first-order chi connectivity index (χ1) is 6.56. The van der Waals surface area contributed by atoms with Crippen LogP contribution in [-0.2, 0) is 4.74 Å². The Labute approximate surface area is 104 Å². The van der Waals surface area contributed by atoms with Gasteiger partial charge < -0.3 is 10.5 Å². The van der Waals surface area contributed by atoms with Crippen LogP contribution in [0.3, 0.4) is 0 Å². The topological polar surface area (TPSA) is 52.3 Å². The first-order valence-electron chi connectivity index (χ1n) is 3.98. The molecule has 0 saturated heterocycles. The molecule has 0 radical (unpaired) electrons. The summed E-state index contributed by atoms with van der Waals surface area (Å²) in [6, 6.07) is 3.51. The van der Waals surface area contributed by atoms with Crippen LogP contribution in [0.25, 0.3) is 0 Å². The van der Waals surface area contributed by atoms with Crippen molar-refractivity contribution in [1.29, 1.82) is 0 Å². The van der Waals surface area contributed by atoms with Crippen molar-refractivity contribution in [3.8, 4) is 0 Å². The Hall–Kier alpha value is -0.300. The molecule has 76 valence electrons. The van der Waals surface area contributed by atoms with Gasteiger partial charge in [0.2, 0.25) is 0 Å². The predicted molar refractivity (Wildman–Crippen MR) is 67.2 cm³/mol. The number of nitrogens with two attached hydrogens (primary N) is 1. The maximum atomic E-state index is 11.4. The first-order valence-corrected chi connectivity index (χ1v) is 5.85. The Bertz CT molecular complexity index is 368. The van der Waals surface area contributed by atoms with Crippen molar-refractivity contribution in [1.82, 2.24) is 0 Å². The average Bonchev–Trinajstić information content (AvgIpc) is 2.11. The molecule has 14 heavy (non-hydrogen) atoms. The Morgan fingerprint density at radius 3 is 2.86 bits per heavy atom. The van der Waals surface area contributed by atoms with Gasteiger partial charge in [-0.3, -0.25) is 0 Å². The Morgan fingerprint density at radius 1 is 1.64 bits per heavy atom. The highest BCUT2D eigenvalue weighted by atomic mass is 127. The molecule has 0 aliphatic heterocycles. The summed E-state index contributed by atoms with van der Waals surface area (Å²) in [6.45, 7) is 2.11. The van der Waals surface area contributed by atoms with Crippen LogP contribution >= 0.6 is 38.5 Å². The van der Waals surface area contributed by atoms with Gasteiger partial charge in [-0.1, -0.05) is 15.9 Å². The average molecular weight is 370 g/mol. The molecule has 1 rings (SSSR count). The standard InChI is InChI=1S/C9H9BrINO2/c1-2-14-9(13)6-3-5(10)4-7(11)8(6)12/h3-4H,2,12H2,1H3. The first kappa shape index (κ1) is 11.8. The molecule has 1 aromatic rings. The van der Waals surface area contributed by atoms with E-state index in [0.717, 1.165) is 8.04 Å². The van der Waals surface area contributed by atoms with Crippen molar-refractivity contribution in [2.45, 2.75) is 6.92 Å². The van der Waals surface area contributed by atoms with Gasteiger partial charge in [-0.25, -0.2) is 4.79 Å². The van der Waals surface area contributed by atoms with E-state index in [2.05, 4.69) is 38.5 Å². The van der Waals surface area contributed by atoms with Gasteiger partial charge >= 0.3 is 5.97 Å². The van der Waals surface area contributed by atoms with Gasteiger partial charge in [-0.05, 0) is 41.6 Å². The molecule has 3 nitrogen and oxygen atoms in total. The minimum Gasteiger partial charge on any atom is -0.462 e. The van der Waals surface area contributed by atoms with Gasteiger partial charge in [0.1, 0.15) is 0 Å². The summed E-state index contributed by atoms with van der Waals surface area (Å²) in [5.41, 5.74) is 6.63. The van der Waals surface area contributed by atoms with Crippen LogP contribution in [0.2, 0.25) is 0 Å². The van der Waals surface area contributed by atoms with Gasteiger partial charge in [0, 0.05) is 8.04 Å². The normalized spacial score (nSPS) is 9.93. The number of rotatable bonds is 2. The lowest BCUT2D eigenvalue weighted by molar-refractivity contribution is 0.0527. The number of carbonyl (C=O) groups excluding carboxylic acids is 1. The number of nitrogen functional groups attached to an aromatic ring is 1. The molecule has 0 aliphatic carbocycles. The third-order valence-electron chi connectivity index (χ3n) is 1.59. The van der Waals surface area contributed by atoms with Crippen LogP contribution in [0.5, 0.6) is 0 Å². The smallest absolute Gasteiger partial charge is 0.340 e. The molecule has 0 amide bonds. The molecule has 0 atom stereocenters. The minimum atomic E-state index is -0.385. The quantitative estimate of drug-likeness (QED) is 0.495. The predicted octanol–water partition coefficient (Wildman–Crippen LogP) is 2.81. The number of esters is 1. The molecule has 0 saturated carbocycles. The van der Waals surface area contributed by atoms with Gasteiger partial charge in [-0.2, -0.15) is 0 Å². The Kier molecular flexibility index (Phi) is 4.18. The van der Waals surface area contributed by atoms with E-state index in [1.807, 2.05) is 6.07 Å². The molecular weight excluding hydrogens is 361 g/mol. The fraction of sp³-hybridized carbons (Fsp3) is 0.222. The third-order valence-corrected chi connectivity index (χ3v) is 2.94. The number of anilines is 1. The van der Waals surface area contributed by atoms with Crippen LogP contribution in [0.4, 0.5) is 5.69 Å². The number of hydrogen-bond donors (Lipinski definition) is 1. The van der Waals surface area contributed by atoms with E-state index < -0.39 is 0 Å². The molecule has 0 fully saturated rings. The third kappa shape index (κ3) is 2.60. The highest BCUT2D eigenvalue weighted by Crippen LogP contribution is 2.25. The summed E-state index contributed by atoms with van der Waals surface area (Å²) in [6.07, 6.45) is 0. The van der Waals surface area contributed by atoms with Crippen LogP contribution in [-0.4, -0.2) is 12.6 Å². The van der Waals surface area contributed by atoms with E-state index in [1.54, 1.807) is 13.0 Å². The number of carbonyl (C=O) groups is 1. The summed E-state index contributed by atoms with van der Waals surface area (Å²) in [5.74, 6) is -0.385. The number of ether oxygens (including phenoxy) is 1. The summed E-state index contributed by atoms with van der Waals surface area (Å²) in [4.78, 5) is 11.4. The van der Waals surface area contributed by atoms with Crippen LogP contribution < -0.4 is 5.73 Å². The fourth-order valence-electron chi connectivity index (χ4n) is 0.962. The van der Waals surface area contributed by atoms with Crippen molar-refractivity contribution in [2.24, 2.45) is 0 Å². The lowest BCUT2D eigenvalue weighted by atomic mass is 10.2. The van der Waals surface area contributed by atoms with Gasteiger partial charge in [-0.15, -0.1) is 0 Å². The summed E-state index contributed by atoms with van der Waals surface area (Å²) >= 11 is 5.37. The molecule has 1 aromatic carbocycles. The highest BCUT2D eigenvalue weighted by molar-refractivity contribution is 14.1. The second kappa shape index (κ2) is 4.97.